The molecule has 1 saturated heterocycles. The van der Waals surface area contributed by atoms with Gasteiger partial charge in [0, 0.05) is 19.2 Å². The number of carbonyl (C=O) groups excluding carboxylic acids is 2. The molecular weight excluding hydrogens is 258 g/mol. The van der Waals surface area contributed by atoms with Crippen molar-refractivity contribution >= 4 is 11.8 Å². The average molecular weight is 273 g/mol. The molecule has 1 aromatic carbocycles. The van der Waals surface area contributed by atoms with E-state index in [9.17, 15) is 9.59 Å². The molecule has 1 unspecified atom stereocenters. The van der Waals surface area contributed by atoms with Crippen LogP contribution in [0.15, 0.2) is 24.3 Å². The quantitative estimate of drug-likeness (QED) is 0.831. The number of hydrogen-bond acceptors (Lipinski definition) is 4. The maximum atomic E-state index is 12.5. The third-order valence-corrected chi connectivity index (χ3v) is 3.18. The monoisotopic (exact) mass is 273 g/mol. The van der Waals surface area contributed by atoms with Crippen LogP contribution in [0.1, 0.15) is 15.9 Å². The minimum absolute atomic E-state index is 0.184. The fourth-order valence-electron chi connectivity index (χ4n) is 2.12. The molecule has 20 heavy (non-hydrogen) atoms. The van der Waals surface area contributed by atoms with Crippen molar-refractivity contribution < 1.29 is 14.3 Å². The number of rotatable bonds is 2. The van der Waals surface area contributed by atoms with Gasteiger partial charge in [-0.25, -0.2) is 0 Å². The number of carbonyl (C=O) groups is 2. The SMILES string of the molecule is CNC(=O)C1COCCN1C(=O)c1cccc(C#N)c1. The van der Waals surface area contributed by atoms with E-state index in [1.165, 1.54) is 18.0 Å². The zero-order valence-electron chi connectivity index (χ0n) is 11.1. The molecule has 0 bridgehead atoms. The molecule has 1 N–H and O–H groups in total. The van der Waals surface area contributed by atoms with Gasteiger partial charge >= 0.3 is 0 Å². The minimum Gasteiger partial charge on any atom is -0.377 e. The summed E-state index contributed by atoms with van der Waals surface area (Å²) in [4.78, 5) is 25.8. The molecule has 1 fully saturated rings. The van der Waals surface area contributed by atoms with E-state index in [4.69, 9.17) is 10.00 Å². The van der Waals surface area contributed by atoms with Crippen LogP contribution in [0.2, 0.25) is 0 Å². The third kappa shape index (κ3) is 2.78. The molecular formula is C14H15N3O3. The van der Waals surface area contributed by atoms with Crippen LogP contribution in [0.25, 0.3) is 0 Å². The molecule has 104 valence electrons. The van der Waals surface area contributed by atoms with Gasteiger partial charge in [-0.1, -0.05) is 6.07 Å². The molecule has 1 aliphatic rings. The lowest BCUT2D eigenvalue weighted by molar-refractivity contribution is -0.130. The summed E-state index contributed by atoms with van der Waals surface area (Å²) in [6.07, 6.45) is 0. The first-order valence-electron chi connectivity index (χ1n) is 6.28. The van der Waals surface area contributed by atoms with Crippen LogP contribution < -0.4 is 5.32 Å². The topological polar surface area (TPSA) is 82.4 Å². The molecule has 0 spiro atoms. The van der Waals surface area contributed by atoms with E-state index in [2.05, 4.69) is 5.32 Å². The van der Waals surface area contributed by atoms with E-state index < -0.39 is 6.04 Å². The number of nitrogens with zero attached hydrogens (tertiary/aromatic N) is 2. The minimum atomic E-state index is -0.632. The van der Waals surface area contributed by atoms with Crippen molar-refractivity contribution in [1.29, 1.82) is 5.26 Å². The second-order valence-corrected chi connectivity index (χ2v) is 4.40. The molecule has 1 aromatic rings. The smallest absolute Gasteiger partial charge is 0.254 e. The van der Waals surface area contributed by atoms with E-state index in [0.717, 1.165) is 0 Å². The Kier molecular flexibility index (Phi) is 4.33. The van der Waals surface area contributed by atoms with Crippen LogP contribution >= 0.6 is 0 Å². The Balaban J connectivity index is 2.25. The van der Waals surface area contributed by atoms with Gasteiger partial charge in [-0.2, -0.15) is 5.26 Å². The Morgan fingerprint density at radius 3 is 3.00 bits per heavy atom. The first kappa shape index (κ1) is 14.0. The fourth-order valence-corrected chi connectivity index (χ4v) is 2.12. The Hall–Kier alpha value is -2.39. The molecule has 1 aliphatic heterocycles. The van der Waals surface area contributed by atoms with Crippen molar-refractivity contribution in [2.45, 2.75) is 6.04 Å². The van der Waals surface area contributed by atoms with E-state index >= 15 is 0 Å². The first-order valence-corrected chi connectivity index (χ1v) is 6.28. The zero-order chi connectivity index (χ0) is 14.5. The number of amides is 2. The molecule has 2 amide bonds. The molecule has 0 radical (unpaired) electrons. The van der Waals surface area contributed by atoms with E-state index in [-0.39, 0.29) is 18.4 Å². The standard InChI is InChI=1S/C14H15N3O3/c1-16-13(18)12-9-20-6-5-17(12)14(19)11-4-2-3-10(7-11)8-15/h2-4,7,12H,5-6,9H2,1H3,(H,16,18). The van der Waals surface area contributed by atoms with E-state index in [1.54, 1.807) is 18.2 Å². The number of nitriles is 1. The normalized spacial score (nSPS) is 18.2. The van der Waals surface area contributed by atoms with Crippen molar-refractivity contribution in [3.63, 3.8) is 0 Å². The number of benzene rings is 1. The van der Waals surface area contributed by atoms with Gasteiger partial charge < -0.3 is 15.0 Å². The van der Waals surface area contributed by atoms with Crippen LogP contribution in [-0.4, -0.2) is 49.6 Å². The summed E-state index contributed by atoms with van der Waals surface area (Å²) in [6, 6.07) is 7.81. The molecule has 0 aromatic heterocycles. The lowest BCUT2D eigenvalue weighted by Crippen LogP contribution is -2.55. The summed E-state index contributed by atoms with van der Waals surface area (Å²) in [5, 5.41) is 11.4. The highest BCUT2D eigenvalue weighted by molar-refractivity contribution is 5.98. The van der Waals surface area contributed by atoms with E-state index in [0.29, 0.717) is 24.3 Å². The highest BCUT2D eigenvalue weighted by Crippen LogP contribution is 2.14. The van der Waals surface area contributed by atoms with Crippen LogP contribution in [-0.2, 0) is 9.53 Å². The van der Waals surface area contributed by atoms with Crippen LogP contribution in [0, 0.1) is 11.3 Å². The van der Waals surface area contributed by atoms with Crippen molar-refractivity contribution in [3.8, 4) is 6.07 Å². The van der Waals surface area contributed by atoms with Gasteiger partial charge in [-0.15, -0.1) is 0 Å². The number of nitrogens with one attached hydrogen (secondary N) is 1. The van der Waals surface area contributed by atoms with Crippen LogP contribution in [0.4, 0.5) is 0 Å². The van der Waals surface area contributed by atoms with Gasteiger partial charge in [0.05, 0.1) is 24.8 Å². The van der Waals surface area contributed by atoms with Crippen molar-refractivity contribution in [3.05, 3.63) is 35.4 Å². The molecule has 0 saturated carbocycles. The summed E-state index contributed by atoms with van der Waals surface area (Å²) in [5.41, 5.74) is 0.820. The Bertz CT molecular complexity index is 565. The largest absolute Gasteiger partial charge is 0.377 e. The van der Waals surface area contributed by atoms with Crippen molar-refractivity contribution in [2.75, 3.05) is 26.8 Å². The lowest BCUT2D eigenvalue weighted by Gasteiger charge is -2.34. The number of morpholine rings is 1. The maximum absolute atomic E-state index is 12.5. The maximum Gasteiger partial charge on any atom is 0.254 e. The predicted octanol–water partition coefficient (Wildman–Crippen LogP) is 0.145. The summed E-state index contributed by atoms with van der Waals surface area (Å²) < 4.78 is 5.26. The second-order valence-electron chi connectivity index (χ2n) is 4.40. The van der Waals surface area contributed by atoms with Gasteiger partial charge in [-0.3, -0.25) is 9.59 Å². The van der Waals surface area contributed by atoms with E-state index in [1.807, 2.05) is 6.07 Å². The summed E-state index contributed by atoms with van der Waals surface area (Å²) in [5.74, 6) is -0.520. The number of ether oxygens (including phenoxy) is 1. The first-order chi connectivity index (χ1) is 9.67. The fraction of sp³-hybridized carbons (Fsp3) is 0.357. The molecule has 6 heteroatoms. The van der Waals surface area contributed by atoms with Gasteiger partial charge in [0.15, 0.2) is 0 Å². The van der Waals surface area contributed by atoms with Crippen molar-refractivity contribution in [1.82, 2.24) is 10.2 Å². The summed E-state index contributed by atoms with van der Waals surface area (Å²) in [7, 11) is 1.52. The Labute approximate surface area is 116 Å². The third-order valence-electron chi connectivity index (χ3n) is 3.18. The summed E-state index contributed by atoms with van der Waals surface area (Å²) in [6.45, 7) is 0.939. The molecule has 2 rings (SSSR count). The molecule has 1 heterocycles. The molecule has 6 nitrogen and oxygen atoms in total. The predicted molar refractivity (Wildman–Crippen MR) is 70.9 cm³/mol. The lowest BCUT2D eigenvalue weighted by atomic mass is 10.1. The van der Waals surface area contributed by atoms with Gasteiger partial charge in [-0.05, 0) is 18.2 Å². The van der Waals surface area contributed by atoms with Crippen LogP contribution in [0.5, 0.6) is 0 Å². The average Bonchev–Trinajstić information content (AvgIpc) is 2.53. The molecule has 0 aliphatic carbocycles. The highest BCUT2D eigenvalue weighted by Gasteiger charge is 2.32. The molecule has 1 atom stereocenters. The summed E-state index contributed by atoms with van der Waals surface area (Å²) >= 11 is 0. The Morgan fingerprint density at radius 1 is 1.50 bits per heavy atom. The number of hydrogen-bond donors (Lipinski definition) is 1. The highest BCUT2D eigenvalue weighted by atomic mass is 16.5. The van der Waals surface area contributed by atoms with Gasteiger partial charge in [0.25, 0.3) is 5.91 Å². The van der Waals surface area contributed by atoms with Gasteiger partial charge in [0.2, 0.25) is 5.91 Å². The van der Waals surface area contributed by atoms with Crippen molar-refractivity contribution in [2.24, 2.45) is 0 Å². The zero-order valence-corrected chi connectivity index (χ0v) is 11.1. The Morgan fingerprint density at radius 2 is 2.30 bits per heavy atom. The second kappa shape index (κ2) is 6.17. The van der Waals surface area contributed by atoms with Gasteiger partial charge in [0.1, 0.15) is 6.04 Å². The number of likely N-dealkylation sites (N-methyl/N-ethyl adjacent to an activating group) is 1. The van der Waals surface area contributed by atoms with Crippen LogP contribution in [0.3, 0.4) is 0 Å².